The van der Waals surface area contributed by atoms with Crippen LogP contribution in [-0.2, 0) is 4.79 Å². The summed E-state index contributed by atoms with van der Waals surface area (Å²) >= 11 is 0. The molecule has 3 heteroatoms. The molecule has 3 nitrogen and oxygen atoms in total. The van der Waals surface area contributed by atoms with Crippen LogP contribution >= 0.6 is 0 Å². The number of carbonyl (C=O) groups excluding carboxylic acids is 1. The molecule has 0 saturated heterocycles. The number of amides is 1. The average Bonchev–Trinajstić information content (AvgIpc) is 3.01. The monoisotopic (exact) mass is 299 g/mol. The second-order valence-electron chi connectivity index (χ2n) is 7.14. The first-order valence-electron chi connectivity index (χ1n) is 8.19. The van der Waals surface area contributed by atoms with Crippen molar-refractivity contribution in [3.63, 3.8) is 0 Å². The van der Waals surface area contributed by atoms with Gasteiger partial charge in [-0.2, -0.15) is 0 Å². The van der Waals surface area contributed by atoms with Crippen LogP contribution in [0, 0.1) is 26.7 Å². The highest BCUT2D eigenvalue weighted by Gasteiger charge is 2.48. The Labute approximate surface area is 132 Å². The first kappa shape index (κ1) is 15.1. The number of carbonyl (C=O) groups is 1. The van der Waals surface area contributed by atoms with Crippen LogP contribution in [0.5, 0.6) is 0 Å². The molecule has 0 spiro atoms. The van der Waals surface area contributed by atoms with Crippen molar-refractivity contribution in [3.05, 3.63) is 40.1 Å². The number of aryl methyl sites for hydroxylation is 3. The Bertz CT molecular complexity index is 645. The van der Waals surface area contributed by atoms with Crippen molar-refractivity contribution in [2.24, 2.45) is 5.92 Å². The maximum Gasteiger partial charge on any atom is 0.256 e. The van der Waals surface area contributed by atoms with E-state index < -0.39 is 5.54 Å². The fraction of sp³-hybridized carbons (Fsp3) is 0.526. The third-order valence-corrected chi connectivity index (χ3v) is 5.43. The molecule has 118 valence electrons. The van der Waals surface area contributed by atoms with Gasteiger partial charge in [-0.3, -0.25) is 4.79 Å². The van der Waals surface area contributed by atoms with Gasteiger partial charge >= 0.3 is 0 Å². The quantitative estimate of drug-likeness (QED) is 0.868. The number of aliphatic hydroxyl groups excluding tert-OH is 1. The van der Waals surface area contributed by atoms with Crippen molar-refractivity contribution >= 4 is 11.5 Å². The minimum atomic E-state index is -0.604. The molecule has 1 saturated carbocycles. The molecule has 1 aromatic rings. The maximum absolute atomic E-state index is 12.6. The van der Waals surface area contributed by atoms with E-state index in [9.17, 15) is 9.90 Å². The van der Waals surface area contributed by atoms with E-state index in [1.165, 1.54) is 18.4 Å². The standard InChI is InChI=1S/C19H25NO2/c1-11-9-12(2)15(13(3)10-11)16-17(21)19(4,20-18(16)22)14-7-5-6-8-14/h9-10,14,21H,5-8H2,1-4H3,(H,20,22). The summed E-state index contributed by atoms with van der Waals surface area (Å²) in [4.78, 5) is 12.6. The van der Waals surface area contributed by atoms with E-state index in [1.54, 1.807) is 0 Å². The predicted molar refractivity (Wildman–Crippen MR) is 88.7 cm³/mol. The van der Waals surface area contributed by atoms with E-state index >= 15 is 0 Å². The number of hydrogen-bond donors (Lipinski definition) is 2. The van der Waals surface area contributed by atoms with Gasteiger partial charge < -0.3 is 10.4 Å². The van der Waals surface area contributed by atoms with Crippen molar-refractivity contribution in [2.75, 3.05) is 0 Å². The molecule has 1 atom stereocenters. The van der Waals surface area contributed by atoms with Gasteiger partial charge in [-0.05, 0) is 63.1 Å². The lowest BCUT2D eigenvalue weighted by molar-refractivity contribution is -0.116. The van der Waals surface area contributed by atoms with Gasteiger partial charge in [0.2, 0.25) is 0 Å². The van der Waals surface area contributed by atoms with Gasteiger partial charge in [-0.1, -0.05) is 30.5 Å². The summed E-state index contributed by atoms with van der Waals surface area (Å²) in [6, 6.07) is 4.14. The van der Waals surface area contributed by atoms with E-state index in [4.69, 9.17) is 0 Å². The van der Waals surface area contributed by atoms with Crippen LogP contribution in [0.15, 0.2) is 17.9 Å². The van der Waals surface area contributed by atoms with E-state index in [-0.39, 0.29) is 11.7 Å². The Morgan fingerprint density at radius 3 is 2.23 bits per heavy atom. The minimum absolute atomic E-state index is 0.137. The number of rotatable bonds is 2. The summed E-state index contributed by atoms with van der Waals surface area (Å²) in [5.41, 5.74) is 4.03. The molecular formula is C19H25NO2. The molecule has 22 heavy (non-hydrogen) atoms. The summed E-state index contributed by atoms with van der Waals surface area (Å²) < 4.78 is 0. The van der Waals surface area contributed by atoms with Crippen LogP contribution in [0.4, 0.5) is 0 Å². The molecule has 1 amide bonds. The van der Waals surface area contributed by atoms with E-state index in [1.807, 2.05) is 20.8 Å². The van der Waals surface area contributed by atoms with Gasteiger partial charge in [0.25, 0.3) is 5.91 Å². The van der Waals surface area contributed by atoms with Crippen LogP contribution in [0.2, 0.25) is 0 Å². The fourth-order valence-corrected chi connectivity index (χ4v) is 4.33. The number of benzene rings is 1. The molecule has 2 N–H and O–H groups in total. The molecule has 0 bridgehead atoms. The van der Waals surface area contributed by atoms with Crippen LogP contribution < -0.4 is 5.32 Å². The molecule has 1 fully saturated rings. The summed E-state index contributed by atoms with van der Waals surface area (Å²) in [5.74, 6) is 0.432. The first-order chi connectivity index (χ1) is 10.3. The molecule has 1 aliphatic heterocycles. The maximum atomic E-state index is 12.6. The molecule has 0 radical (unpaired) electrons. The molecule has 0 aromatic heterocycles. The Hall–Kier alpha value is -1.77. The summed E-state index contributed by atoms with van der Waals surface area (Å²) in [5, 5.41) is 14.0. The molecule has 3 rings (SSSR count). The molecule has 1 aromatic carbocycles. The van der Waals surface area contributed by atoms with Crippen molar-refractivity contribution in [1.29, 1.82) is 0 Å². The zero-order valence-corrected chi connectivity index (χ0v) is 13.9. The van der Waals surface area contributed by atoms with Gasteiger partial charge in [-0.25, -0.2) is 0 Å². The lowest BCUT2D eigenvalue weighted by atomic mass is 9.82. The van der Waals surface area contributed by atoms with Gasteiger partial charge in [0.05, 0.1) is 11.1 Å². The third-order valence-electron chi connectivity index (χ3n) is 5.43. The van der Waals surface area contributed by atoms with Crippen molar-refractivity contribution in [3.8, 4) is 0 Å². The fourth-order valence-electron chi connectivity index (χ4n) is 4.33. The van der Waals surface area contributed by atoms with Crippen molar-refractivity contribution in [1.82, 2.24) is 5.32 Å². The highest BCUT2D eigenvalue weighted by Crippen LogP contribution is 2.44. The van der Waals surface area contributed by atoms with Crippen LogP contribution in [0.1, 0.15) is 54.9 Å². The highest BCUT2D eigenvalue weighted by atomic mass is 16.3. The van der Waals surface area contributed by atoms with Gasteiger partial charge in [0.1, 0.15) is 5.76 Å². The minimum Gasteiger partial charge on any atom is -0.509 e. The Balaban J connectivity index is 2.13. The third kappa shape index (κ3) is 2.15. The van der Waals surface area contributed by atoms with Crippen molar-refractivity contribution < 1.29 is 9.90 Å². The lowest BCUT2D eigenvalue weighted by Crippen LogP contribution is -2.47. The molecule has 1 aliphatic carbocycles. The molecular weight excluding hydrogens is 274 g/mol. The topological polar surface area (TPSA) is 49.3 Å². The Morgan fingerprint density at radius 2 is 1.68 bits per heavy atom. The summed E-state index contributed by atoms with van der Waals surface area (Å²) in [7, 11) is 0. The van der Waals surface area contributed by atoms with Crippen molar-refractivity contribution in [2.45, 2.75) is 58.9 Å². The van der Waals surface area contributed by atoms with Gasteiger partial charge in [0, 0.05) is 0 Å². The van der Waals surface area contributed by atoms with Crippen LogP contribution in [0.25, 0.3) is 5.57 Å². The highest BCUT2D eigenvalue weighted by molar-refractivity contribution is 6.23. The zero-order valence-electron chi connectivity index (χ0n) is 13.9. The molecule has 1 unspecified atom stereocenters. The van der Waals surface area contributed by atoms with Gasteiger partial charge in [-0.15, -0.1) is 0 Å². The molecule has 1 heterocycles. The van der Waals surface area contributed by atoms with Crippen LogP contribution in [-0.4, -0.2) is 16.6 Å². The second-order valence-corrected chi connectivity index (χ2v) is 7.14. The van der Waals surface area contributed by atoms with Crippen LogP contribution in [0.3, 0.4) is 0 Å². The average molecular weight is 299 g/mol. The largest absolute Gasteiger partial charge is 0.509 e. The number of aliphatic hydroxyl groups is 1. The summed E-state index contributed by atoms with van der Waals surface area (Å²) in [6.07, 6.45) is 4.50. The van der Waals surface area contributed by atoms with E-state index in [0.717, 1.165) is 29.5 Å². The second kappa shape index (κ2) is 5.15. The number of hydrogen-bond acceptors (Lipinski definition) is 2. The smallest absolute Gasteiger partial charge is 0.256 e. The van der Waals surface area contributed by atoms with E-state index in [0.29, 0.717) is 11.5 Å². The molecule has 2 aliphatic rings. The normalized spacial score (nSPS) is 25.9. The van der Waals surface area contributed by atoms with E-state index in [2.05, 4.69) is 24.4 Å². The Morgan fingerprint density at radius 1 is 1.14 bits per heavy atom. The Kier molecular flexibility index (Phi) is 3.54. The lowest BCUT2D eigenvalue weighted by Gasteiger charge is -2.31. The van der Waals surface area contributed by atoms with Gasteiger partial charge in [0.15, 0.2) is 0 Å². The predicted octanol–water partition coefficient (Wildman–Crippen LogP) is 3.96. The SMILES string of the molecule is Cc1cc(C)c(C2=C(O)C(C)(C3CCCC3)NC2=O)c(C)c1. The summed E-state index contributed by atoms with van der Waals surface area (Å²) in [6.45, 7) is 8.04. The zero-order chi connectivity index (χ0) is 16.1. The first-order valence-corrected chi connectivity index (χ1v) is 8.19. The number of nitrogens with one attached hydrogen (secondary N) is 1.